The van der Waals surface area contributed by atoms with Crippen LogP contribution in [0.3, 0.4) is 0 Å². The summed E-state index contributed by atoms with van der Waals surface area (Å²) in [5.74, 6) is 1.15. The summed E-state index contributed by atoms with van der Waals surface area (Å²) in [7, 11) is -3.51. The van der Waals surface area contributed by atoms with Crippen molar-refractivity contribution < 1.29 is 17.6 Å². The maximum Gasteiger partial charge on any atom is 0.251 e. The molecule has 1 aromatic heterocycles. The number of hydrogen-bond donors (Lipinski definition) is 2. The second-order valence-electron chi connectivity index (χ2n) is 5.17. The molecule has 0 saturated heterocycles. The molecule has 7 heteroatoms. The fraction of sp³-hybridized carbons (Fsp3) is 0.312. The average Bonchev–Trinajstić information content (AvgIpc) is 2.94. The maximum absolute atomic E-state index is 12.2. The molecule has 2 rings (SSSR count). The molecule has 1 unspecified atom stereocenters. The van der Waals surface area contributed by atoms with Crippen LogP contribution < -0.4 is 10.0 Å². The van der Waals surface area contributed by atoms with Crippen LogP contribution in [0.2, 0.25) is 0 Å². The number of amides is 1. The molecule has 0 spiro atoms. The third-order valence-electron chi connectivity index (χ3n) is 3.30. The summed E-state index contributed by atoms with van der Waals surface area (Å²) in [5, 5.41) is 2.81. The molecule has 2 aromatic rings. The SMILES string of the molecule is CCNS(=O)(=O)c1ccc(C(=O)NC(C)c2ccc(C)o2)cc1. The quantitative estimate of drug-likeness (QED) is 0.848. The van der Waals surface area contributed by atoms with Crippen molar-refractivity contribution in [3.8, 4) is 0 Å². The van der Waals surface area contributed by atoms with E-state index in [1.165, 1.54) is 24.3 Å². The van der Waals surface area contributed by atoms with E-state index < -0.39 is 10.0 Å². The van der Waals surface area contributed by atoms with Gasteiger partial charge >= 0.3 is 0 Å². The number of aryl methyl sites for hydroxylation is 1. The number of benzene rings is 1. The molecule has 0 saturated carbocycles. The molecular formula is C16H20N2O4S. The standard InChI is InChI=1S/C16H20N2O4S/c1-4-17-23(20,21)14-8-6-13(7-9-14)16(19)18-12(3)15-10-5-11(2)22-15/h5-10,12,17H,4H2,1-3H3,(H,18,19). The minimum absolute atomic E-state index is 0.130. The second kappa shape index (κ2) is 6.97. The average molecular weight is 336 g/mol. The van der Waals surface area contributed by atoms with Gasteiger partial charge in [0, 0.05) is 12.1 Å². The first-order valence-corrected chi connectivity index (χ1v) is 8.78. The highest BCUT2D eigenvalue weighted by molar-refractivity contribution is 7.89. The highest BCUT2D eigenvalue weighted by Crippen LogP contribution is 2.17. The van der Waals surface area contributed by atoms with E-state index >= 15 is 0 Å². The first-order chi connectivity index (χ1) is 10.8. The Balaban J connectivity index is 2.08. The number of nitrogens with one attached hydrogen (secondary N) is 2. The van der Waals surface area contributed by atoms with Crippen LogP contribution >= 0.6 is 0 Å². The molecule has 1 amide bonds. The second-order valence-corrected chi connectivity index (χ2v) is 6.94. The molecule has 124 valence electrons. The lowest BCUT2D eigenvalue weighted by molar-refractivity contribution is 0.0935. The highest BCUT2D eigenvalue weighted by Gasteiger charge is 2.16. The summed E-state index contributed by atoms with van der Waals surface area (Å²) in [4.78, 5) is 12.3. The van der Waals surface area contributed by atoms with E-state index in [9.17, 15) is 13.2 Å². The Kier molecular flexibility index (Phi) is 5.23. The van der Waals surface area contributed by atoms with Gasteiger partial charge in [0.2, 0.25) is 10.0 Å². The number of rotatable bonds is 6. The lowest BCUT2D eigenvalue weighted by atomic mass is 10.2. The largest absolute Gasteiger partial charge is 0.464 e. The minimum atomic E-state index is -3.51. The van der Waals surface area contributed by atoms with E-state index in [1.54, 1.807) is 6.92 Å². The molecule has 6 nitrogen and oxygen atoms in total. The molecule has 1 atom stereocenters. The fourth-order valence-electron chi connectivity index (χ4n) is 2.10. The lowest BCUT2D eigenvalue weighted by Crippen LogP contribution is -2.26. The molecule has 0 radical (unpaired) electrons. The van der Waals surface area contributed by atoms with Crippen LogP contribution in [0.4, 0.5) is 0 Å². The van der Waals surface area contributed by atoms with E-state index in [0.29, 0.717) is 17.9 Å². The molecule has 0 bridgehead atoms. The van der Waals surface area contributed by atoms with Crippen LogP contribution in [0.25, 0.3) is 0 Å². The van der Waals surface area contributed by atoms with Gasteiger partial charge in [0.05, 0.1) is 10.9 Å². The summed E-state index contributed by atoms with van der Waals surface area (Å²) in [5.41, 5.74) is 0.385. The van der Waals surface area contributed by atoms with Gasteiger partial charge in [-0.25, -0.2) is 13.1 Å². The summed E-state index contributed by atoms with van der Waals surface area (Å²) < 4.78 is 31.6. The summed E-state index contributed by atoms with van der Waals surface area (Å²) in [6.07, 6.45) is 0. The molecular weight excluding hydrogens is 316 g/mol. The van der Waals surface area contributed by atoms with Crippen LogP contribution in [0.15, 0.2) is 45.7 Å². The lowest BCUT2D eigenvalue weighted by Gasteiger charge is -2.12. The van der Waals surface area contributed by atoms with Gasteiger partial charge < -0.3 is 9.73 Å². The van der Waals surface area contributed by atoms with Crippen molar-refractivity contribution in [2.75, 3.05) is 6.54 Å². The Morgan fingerprint density at radius 2 is 1.83 bits per heavy atom. The van der Waals surface area contributed by atoms with Gasteiger partial charge in [0.1, 0.15) is 11.5 Å². The van der Waals surface area contributed by atoms with E-state index in [0.717, 1.165) is 5.76 Å². The zero-order chi connectivity index (χ0) is 17.0. The van der Waals surface area contributed by atoms with Crippen molar-refractivity contribution in [3.63, 3.8) is 0 Å². The van der Waals surface area contributed by atoms with Gasteiger partial charge in [-0.3, -0.25) is 4.79 Å². The van der Waals surface area contributed by atoms with Crippen LogP contribution in [0.1, 0.15) is 41.8 Å². The Morgan fingerprint density at radius 3 is 2.35 bits per heavy atom. The van der Waals surface area contributed by atoms with Crippen LogP contribution in [-0.2, 0) is 10.0 Å². The summed E-state index contributed by atoms with van der Waals surface area (Å²) >= 11 is 0. The molecule has 1 aromatic carbocycles. The van der Waals surface area contributed by atoms with Gasteiger partial charge in [-0.2, -0.15) is 0 Å². The van der Waals surface area contributed by atoms with E-state index in [1.807, 2.05) is 26.0 Å². The van der Waals surface area contributed by atoms with Crippen LogP contribution in [-0.4, -0.2) is 20.9 Å². The number of carbonyl (C=O) groups is 1. The van der Waals surface area contributed by atoms with E-state index in [4.69, 9.17) is 4.42 Å². The topological polar surface area (TPSA) is 88.4 Å². The smallest absolute Gasteiger partial charge is 0.251 e. The van der Waals surface area contributed by atoms with E-state index in [2.05, 4.69) is 10.0 Å². The third-order valence-corrected chi connectivity index (χ3v) is 4.86. The Labute approximate surface area is 135 Å². The Morgan fingerprint density at radius 1 is 1.17 bits per heavy atom. The predicted octanol–water partition coefficient (Wildman–Crippen LogP) is 2.38. The number of hydrogen-bond acceptors (Lipinski definition) is 4. The summed E-state index contributed by atoms with van der Waals surface area (Å²) in [6, 6.07) is 9.16. The van der Waals surface area contributed by atoms with Crippen molar-refractivity contribution in [1.29, 1.82) is 0 Å². The van der Waals surface area contributed by atoms with Crippen molar-refractivity contribution in [1.82, 2.24) is 10.0 Å². The van der Waals surface area contributed by atoms with Crippen molar-refractivity contribution in [3.05, 3.63) is 53.5 Å². The predicted molar refractivity (Wildman–Crippen MR) is 86.6 cm³/mol. The number of furan rings is 1. The molecule has 0 aliphatic rings. The third kappa shape index (κ3) is 4.20. The monoisotopic (exact) mass is 336 g/mol. The Bertz CT molecular complexity index is 779. The first-order valence-electron chi connectivity index (χ1n) is 7.30. The molecule has 0 fully saturated rings. The van der Waals surface area contributed by atoms with Crippen molar-refractivity contribution in [2.45, 2.75) is 31.7 Å². The summed E-state index contributed by atoms with van der Waals surface area (Å²) in [6.45, 7) is 5.67. The van der Waals surface area contributed by atoms with Gasteiger partial charge in [-0.05, 0) is 50.2 Å². The molecule has 0 aliphatic carbocycles. The zero-order valence-corrected chi connectivity index (χ0v) is 14.1. The van der Waals surface area contributed by atoms with Crippen molar-refractivity contribution in [2.24, 2.45) is 0 Å². The van der Waals surface area contributed by atoms with Gasteiger partial charge in [0.25, 0.3) is 5.91 Å². The maximum atomic E-state index is 12.2. The highest BCUT2D eigenvalue weighted by atomic mass is 32.2. The van der Waals surface area contributed by atoms with E-state index in [-0.39, 0.29) is 16.8 Å². The fourth-order valence-corrected chi connectivity index (χ4v) is 3.14. The van der Waals surface area contributed by atoms with Crippen LogP contribution in [0, 0.1) is 6.92 Å². The normalized spacial score (nSPS) is 12.8. The van der Waals surface area contributed by atoms with Gasteiger partial charge in [-0.1, -0.05) is 6.92 Å². The molecule has 1 heterocycles. The van der Waals surface area contributed by atoms with Gasteiger partial charge in [-0.15, -0.1) is 0 Å². The van der Waals surface area contributed by atoms with Crippen molar-refractivity contribution >= 4 is 15.9 Å². The first kappa shape index (κ1) is 17.2. The Hall–Kier alpha value is -2.12. The molecule has 0 aliphatic heterocycles. The molecule has 23 heavy (non-hydrogen) atoms. The van der Waals surface area contributed by atoms with Crippen LogP contribution in [0.5, 0.6) is 0 Å². The zero-order valence-electron chi connectivity index (χ0n) is 13.3. The molecule has 2 N–H and O–H groups in total. The number of carbonyl (C=O) groups excluding carboxylic acids is 1. The number of sulfonamides is 1. The minimum Gasteiger partial charge on any atom is -0.464 e. The van der Waals surface area contributed by atoms with Gasteiger partial charge in [0.15, 0.2) is 0 Å².